The van der Waals surface area contributed by atoms with Crippen molar-refractivity contribution in [3.05, 3.63) is 70.8 Å². The van der Waals surface area contributed by atoms with E-state index < -0.39 is 5.41 Å². The SMILES string of the molecule is CCCCc1ccc(C2(C)Cc3ccccc3C2=O)cc1. The Kier molecular flexibility index (Phi) is 3.67. The average Bonchev–Trinajstić information content (AvgIpc) is 2.78. The summed E-state index contributed by atoms with van der Waals surface area (Å²) in [6, 6.07) is 16.7. The van der Waals surface area contributed by atoms with Crippen LogP contribution >= 0.6 is 0 Å². The van der Waals surface area contributed by atoms with Gasteiger partial charge in [-0.1, -0.05) is 61.9 Å². The van der Waals surface area contributed by atoms with Gasteiger partial charge in [-0.15, -0.1) is 0 Å². The van der Waals surface area contributed by atoms with Crippen molar-refractivity contribution in [2.45, 2.75) is 44.9 Å². The molecular formula is C20H22O. The third kappa shape index (κ3) is 2.42. The van der Waals surface area contributed by atoms with Crippen LogP contribution in [0.25, 0.3) is 0 Å². The van der Waals surface area contributed by atoms with Crippen LogP contribution in [0.2, 0.25) is 0 Å². The molecule has 1 heteroatoms. The highest BCUT2D eigenvalue weighted by molar-refractivity contribution is 6.08. The van der Waals surface area contributed by atoms with Crippen molar-refractivity contribution in [3.63, 3.8) is 0 Å². The van der Waals surface area contributed by atoms with Gasteiger partial charge in [0.15, 0.2) is 5.78 Å². The number of ketones is 1. The lowest BCUT2D eigenvalue weighted by Gasteiger charge is -2.23. The number of aryl methyl sites for hydroxylation is 1. The van der Waals surface area contributed by atoms with Crippen LogP contribution < -0.4 is 0 Å². The van der Waals surface area contributed by atoms with E-state index in [1.807, 2.05) is 18.2 Å². The molecule has 0 radical (unpaired) electrons. The van der Waals surface area contributed by atoms with Crippen molar-refractivity contribution in [2.75, 3.05) is 0 Å². The van der Waals surface area contributed by atoms with E-state index in [1.54, 1.807) is 0 Å². The fourth-order valence-corrected chi connectivity index (χ4v) is 3.31. The minimum atomic E-state index is -0.396. The van der Waals surface area contributed by atoms with Gasteiger partial charge in [0.1, 0.15) is 0 Å². The number of carbonyl (C=O) groups is 1. The van der Waals surface area contributed by atoms with Crippen LogP contribution in [0.15, 0.2) is 48.5 Å². The van der Waals surface area contributed by atoms with Crippen molar-refractivity contribution in [2.24, 2.45) is 0 Å². The van der Waals surface area contributed by atoms with Crippen molar-refractivity contribution in [1.82, 2.24) is 0 Å². The zero-order chi connectivity index (χ0) is 14.9. The smallest absolute Gasteiger partial charge is 0.173 e. The second-order valence-electron chi connectivity index (χ2n) is 6.30. The van der Waals surface area contributed by atoms with Crippen molar-refractivity contribution in [3.8, 4) is 0 Å². The van der Waals surface area contributed by atoms with E-state index in [2.05, 4.69) is 44.2 Å². The molecule has 0 aliphatic heterocycles. The highest BCUT2D eigenvalue weighted by Crippen LogP contribution is 2.39. The summed E-state index contributed by atoms with van der Waals surface area (Å²) >= 11 is 0. The van der Waals surface area contributed by atoms with Gasteiger partial charge in [-0.05, 0) is 42.9 Å². The lowest BCUT2D eigenvalue weighted by Crippen LogP contribution is -2.29. The summed E-state index contributed by atoms with van der Waals surface area (Å²) in [5.74, 6) is 0.263. The Morgan fingerprint density at radius 2 is 1.76 bits per heavy atom. The molecule has 0 saturated heterocycles. The second kappa shape index (κ2) is 5.48. The number of Topliss-reactive ketones (excluding diaryl/α,β-unsaturated/α-hetero) is 1. The molecule has 0 saturated carbocycles. The molecule has 0 N–H and O–H groups in total. The van der Waals surface area contributed by atoms with Crippen LogP contribution in [-0.4, -0.2) is 5.78 Å². The fraction of sp³-hybridized carbons (Fsp3) is 0.350. The van der Waals surface area contributed by atoms with E-state index in [9.17, 15) is 4.79 Å². The van der Waals surface area contributed by atoms with Gasteiger partial charge in [-0.25, -0.2) is 0 Å². The van der Waals surface area contributed by atoms with Crippen molar-refractivity contribution < 1.29 is 4.79 Å². The Labute approximate surface area is 127 Å². The normalized spacial score (nSPS) is 20.6. The highest BCUT2D eigenvalue weighted by atomic mass is 16.1. The first kappa shape index (κ1) is 14.1. The van der Waals surface area contributed by atoms with E-state index >= 15 is 0 Å². The molecule has 21 heavy (non-hydrogen) atoms. The van der Waals surface area contributed by atoms with Crippen LogP contribution in [0.1, 0.15) is 53.7 Å². The third-order valence-electron chi connectivity index (χ3n) is 4.72. The Balaban J connectivity index is 1.89. The zero-order valence-electron chi connectivity index (χ0n) is 12.9. The third-order valence-corrected chi connectivity index (χ3v) is 4.72. The second-order valence-corrected chi connectivity index (χ2v) is 6.30. The predicted octanol–water partition coefficient (Wildman–Crippen LogP) is 4.73. The number of rotatable bonds is 4. The average molecular weight is 278 g/mol. The maximum atomic E-state index is 12.8. The van der Waals surface area contributed by atoms with Gasteiger partial charge in [0.05, 0.1) is 5.41 Å². The van der Waals surface area contributed by atoms with Gasteiger partial charge < -0.3 is 0 Å². The number of fused-ring (bicyclic) bond motifs is 1. The molecule has 2 aromatic carbocycles. The Hall–Kier alpha value is -1.89. The summed E-state index contributed by atoms with van der Waals surface area (Å²) in [6.07, 6.45) is 4.38. The van der Waals surface area contributed by atoms with Gasteiger partial charge in [0, 0.05) is 5.56 Å². The van der Waals surface area contributed by atoms with Gasteiger partial charge >= 0.3 is 0 Å². The quantitative estimate of drug-likeness (QED) is 0.790. The molecule has 0 amide bonds. The summed E-state index contributed by atoms with van der Waals surface area (Å²) in [5.41, 5.74) is 4.19. The molecule has 0 spiro atoms. The predicted molar refractivity (Wildman–Crippen MR) is 86.9 cm³/mol. The van der Waals surface area contributed by atoms with E-state index in [0.29, 0.717) is 0 Å². The summed E-state index contributed by atoms with van der Waals surface area (Å²) in [5, 5.41) is 0. The minimum Gasteiger partial charge on any atom is -0.293 e. The molecule has 1 aliphatic rings. The Morgan fingerprint density at radius 3 is 2.43 bits per heavy atom. The first-order valence-electron chi connectivity index (χ1n) is 7.87. The molecule has 2 aromatic rings. The number of unbranched alkanes of at least 4 members (excludes halogenated alkanes) is 1. The molecule has 0 heterocycles. The minimum absolute atomic E-state index is 0.263. The van der Waals surface area contributed by atoms with Crippen LogP contribution in [0.3, 0.4) is 0 Å². The largest absolute Gasteiger partial charge is 0.293 e. The molecule has 1 aliphatic carbocycles. The lowest BCUT2D eigenvalue weighted by molar-refractivity contribution is 0.0915. The zero-order valence-corrected chi connectivity index (χ0v) is 12.9. The summed E-state index contributed by atoms with van der Waals surface area (Å²) in [4.78, 5) is 12.8. The van der Waals surface area contributed by atoms with Crippen LogP contribution in [0, 0.1) is 0 Å². The summed E-state index contributed by atoms with van der Waals surface area (Å²) in [6.45, 7) is 4.29. The van der Waals surface area contributed by atoms with Gasteiger partial charge in [-0.3, -0.25) is 4.79 Å². The maximum Gasteiger partial charge on any atom is 0.173 e. The molecule has 108 valence electrons. The molecule has 3 rings (SSSR count). The molecule has 0 fully saturated rings. The highest BCUT2D eigenvalue weighted by Gasteiger charge is 2.42. The van der Waals surface area contributed by atoms with Gasteiger partial charge in [0.25, 0.3) is 0 Å². The topological polar surface area (TPSA) is 17.1 Å². The molecule has 0 aromatic heterocycles. The van der Waals surface area contributed by atoms with E-state index in [4.69, 9.17) is 0 Å². The molecule has 1 nitrogen and oxygen atoms in total. The van der Waals surface area contributed by atoms with Crippen molar-refractivity contribution in [1.29, 1.82) is 0 Å². The molecular weight excluding hydrogens is 256 g/mol. The molecule has 1 unspecified atom stereocenters. The van der Waals surface area contributed by atoms with Crippen molar-refractivity contribution >= 4 is 5.78 Å². The van der Waals surface area contributed by atoms with E-state index in [-0.39, 0.29) is 5.78 Å². The monoisotopic (exact) mass is 278 g/mol. The molecule has 1 atom stereocenters. The summed E-state index contributed by atoms with van der Waals surface area (Å²) in [7, 11) is 0. The van der Waals surface area contributed by atoms with Crippen LogP contribution in [-0.2, 0) is 18.3 Å². The standard InChI is InChI=1S/C20H22O/c1-3-4-7-15-10-12-17(13-11-15)20(2)14-16-8-5-6-9-18(16)19(20)21/h5-6,8-13H,3-4,7,14H2,1-2H3. The maximum absolute atomic E-state index is 12.8. The first-order chi connectivity index (χ1) is 10.1. The van der Waals surface area contributed by atoms with Crippen LogP contribution in [0.5, 0.6) is 0 Å². The number of carbonyl (C=O) groups excluding carboxylic acids is 1. The molecule has 0 bridgehead atoms. The van der Waals surface area contributed by atoms with E-state index in [1.165, 1.54) is 24.0 Å². The number of hydrogen-bond acceptors (Lipinski definition) is 1. The summed E-state index contributed by atoms with van der Waals surface area (Å²) < 4.78 is 0. The van der Waals surface area contributed by atoms with Gasteiger partial charge in [0.2, 0.25) is 0 Å². The van der Waals surface area contributed by atoms with Gasteiger partial charge in [-0.2, -0.15) is 0 Å². The Morgan fingerprint density at radius 1 is 1.05 bits per heavy atom. The Bertz CT molecular complexity index is 654. The fourth-order valence-electron chi connectivity index (χ4n) is 3.31. The lowest BCUT2D eigenvalue weighted by atomic mass is 9.78. The number of benzene rings is 2. The number of hydrogen-bond donors (Lipinski definition) is 0. The van der Waals surface area contributed by atoms with E-state index in [0.717, 1.165) is 24.0 Å². The van der Waals surface area contributed by atoms with Crippen LogP contribution in [0.4, 0.5) is 0 Å². The first-order valence-corrected chi connectivity index (χ1v) is 7.87.